The van der Waals surface area contributed by atoms with E-state index in [9.17, 15) is 0 Å². The predicted octanol–water partition coefficient (Wildman–Crippen LogP) is 2.56. The largest absolute Gasteiger partial charge is 0.378 e. The summed E-state index contributed by atoms with van der Waals surface area (Å²) in [6.45, 7) is 11.6. The monoisotopic (exact) mass is 440 g/mol. The van der Waals surface area contributed by atoms with Crippen molar-refractivity contribution in [1.82, 2.24) is 15.5 Å². The van der Waals surface area contributed by atoms with Crippen LogP contribution in [-0.4, -0.2) is 63.8 Å². The number of likely N-dealkylation sites (tertiary alicyclic amines) is 1. The Morgan fingerprint density at radius 3 is 2.65 bits per heavy atom. The molecule has 0 aromatic heterocycles. The van der Waals surface area contributed by atoms with Crippen molar-refractivity contribution < 1.29 is 4.74 Å². The minimum Gasteiger partial charge on any atom is -0.378 e. The molecule has 0 radical (unpaired) electrons. The van der Waals surface area contributed by atoms with Crippen LogP contribution in [-0.2, 0) is 4.74 Å². The summed E-state index contributed by atoms with van der Waals surface area (Å²) in [5.41, 5.74) is 0. The highest BCUT2D eigenvalue weighted by Crippen LogP contribution is 2.13. The summed E-state index contributed by atoms with van der Waals surface area (Å²) in [7, 11) is 4.05. The van der Waals surface area contributed by atoms with E-state index >= 15 is 0 Å². The normalized spacial score (nSPS) is 21.0. The number of guanidine groups is 1. The van der Waals surface area contributed by atoms with Crippen molar-refractivity contribution in [2.45, 2.75) is 46.1 Å². The summed E-state index contributed by atoms with van der Waals surface area (Å²) >= 11 is 0. The third-order valence-electron chi connectivity index (χ3n) is 4.35. The van der Waals surface area contributed by atoms with E-state index in [0.717, 1.165) is 38.0 Å². The number of nitrogens with zero attached hydrogens (tertiary/aromatic N) is 2. The molecule has 0 aromatic rings. The number of aliphatic imine (C=N–C) groups is 1. The van der Waals surface area contributed by atoms with E-state index < -0.39 is 0 Å². The Bertz CT molecular complexity index is 326. The number of hydrogen-bond donors (Lipinski definition) is 2. The van der Waals surface area contributed by atoms with Crippen molar-refractivity contribution in [3.8, 4) is 0 Å². The molecule has 1 aliphatic heterocycles. The lowest BCUT2D eigenvalue weighted by Crippen LogP contribution is -2.44. The van der Waals surface area contributed by atoms with Crippen LogP contribution < -0.4 is 10.6 Å². The molecule has 0 aliphatic carbocycles. The van der Waals surface area contributed by atoms with Gasteiger partial charge >= 0.3 is 0 Å². The number of piperidine rings is 1. The van der Waals surface area contributed by atoms with Gasteiger partial charge in [-0.3, -0.25) is 4.99 Å². The smallest absolute Gasteiger partial charge is 0.190 e. The Morgan fingerprint density at radius 1 is 1.35 bits per heavy atom. The highest BCUT2D eigenvalue weighted by Gasteiger charge is 2.17. The van der Waals surface area contributed by atoms with Crippen LogP contribution in [0.4, 0.5) is 0 Å². The van der Waals surface area contributed by atoms with Gasteiger partial charge in [-0.2, -0.15) is 0 Å². The molecule has 0 amide bonds. The van der Waals surface area contributed by atoms with Gasteiger partial charge in [-0.15, -0.1) is 24.0 Å². The van der Waals surface area contributed by atoms with Gasteiger partial charge in [0.1, 0.15) is 0 Å². The second kappa shape index (κ2) is 13.2. The topological polar surface area (TPSA) is 48.9 Å². The summed E-state index contributed by atoms with van der Waals surface area (Å²) in [5.74, 6) is 2.19. The quantitative estimate of drug-likeness (QED) is 0.346. The number of rotatable bonds is 8. The lowest BCUT2D eigenvalue weighted by Gasteiger charge is -2.30. The molecule has 0 aromatic carbocycles. The Kier molecular flexibility index (Phi) is 13.2. The van der Waals surface area contributed by atoms with Crippen molar-refractivity contribution in [2.75, 3.05) is 46.9 Å². The minimum atomic E-state index is 0. The number of nitrogens with one attached hydrogen (secondary N) is 2. The summed E-state index contributed by atoms with van der Waals surface area (Å²) in [6, 6.07) is 0. The van der Waals surface area contributed by atoms with E-state index in [1.165, 1.54) is 25.9 Å². The Hall–Kier alpha value is -0.0800. The van der Waals surface area contributed by atoms with Crippen molar-refractivity contribution in [1.29, 1.82) is 0 Å². The van der Waals surface area contributed by atoms with E-state index in [1.54, 1.807) is 0 Å². The zero-order chi connectivity index (χ0) is 16.4. The van der Waals surface area contributed by atoms with Crippen LogP contribution in [0.2, 0.25) is 0 Å². The number of halogens is 1. The maximum Gasteiger partial charge on any atom is 0.190 e. The van der Waals surface area contributed by atoms with Gasteiger partial charge in [0.2, 0.25) is 0 Å². The van der Waals surface area contributed by atoms with Crippen molar-refractivity contribution >= 4 is 29.9 Å². The second-order valence-corrected chi connectivity index (χ2v) is 6.68. The zero-order valence-corrected chi connectivity index (χ0v) is 17.9. The fourth-order valence-electron chi connectivity index (χ4n) is 3.06. The van der Waals surface area contributed by atoms with Gasteiger partial charge in [0.15, 0.2) is 5.96 Å². The van der Waals surface area contributed by atoms with Crippen LogP contribution in [0, 0.1) is 11.8 Å². The van der Waals surface area contributed by atoms with Gasteiger partial charge in [0.05, 0.1) is 6.10 Å². The molecule has 1 aliphatic rings. The third kappa shape index (κ3) is 9.72. The van der Waals surface area contributed by atoms with Gasteiger partial charge in [0.25, 0.3) is 0 Å². The maximum absolute atomic E-state index is 5.78. The SMILES string of the molecule is CCOC(CCNC(=NC)NCC1CCCN(C)C1)C(C)C.I. The summed E-state index contributed by atoms with van der Waals surface area (Å²) in [5, 5.41) is 6.88. The molecule has 138 valence electrons. The summed E-state index contributed by atoms with van der Waals surface area (Å²) in [4.78, 5) is 6.74. The molecule has 2 unspecified atom stereocenters. The molecule has 0 bridgehead atoms. The van der Waals surface area contributed by atoms with Crippen molar-refractivity contribution in [2.24, 2.45) is 16.8 Å². The molecular weight excluding hydrogens is 403 g/mol. The van der Waals surface area contributed by atoms with Crippen LogP contribution in [0.3, 0.4) is 0 Å². The third-order valence-corrected chi connectivity index (χ3v) is 4.35. The fraction of sp³-hybridized carbons (Fsp3) is 0.941. The second-order valence-electron chi connectivity index (χ2n) is 6.68. The lowest BCUT2D eigenvalue weighted by atomic mass is 9.99. The first-order chi connectivity index (χ1) is 10.6. The Labute approximate surface area is 160 Å². The average Bonchev–Trinajstić information content (AvgIpc) is 2.49. The number of hydrogen-bond acceptors (Lipinski definition) is 3. The molecule has 1 heterocycles. The van der Waals surface area contributed by atoms with E-state index in [1.807, 2.05) is 7.05 Å². The van der Waals surface area contributed by atoms with Crippen molar-refractivity contribution in [3.63, 3.8) is 0 Å². The lowest BCUT2D eigenvalue weighted by molar-refractivity contribution is 0.0258. The number of ether oxygens (including phenoxy) is 1. The molecule has 1 rings (SSSR count). The van der Waals surface area contributed by atoms with E-state index in [2.05, 4.69) is 48.3 Å². The molecule has 0 saturated carbocycles. The molecule has 6 heteroatoms. The maximum atomic E-state index is 5.78. The Morgan fingerprint density at radius 2 is 2.09 bits per heavy atom. The van der Waals surface area contributed by atoms with E-state index in [4.69, 9.17) is 4.74 Å². The average molecular weight is 440 g/mol. The standard InChI is InChI=1S/C17H36N4O.HI/c1-6-22-16(14(2)3)9-10-19-17(18-4)20-12-15-8-7-11-21(5)13-15;/h14-16H,6-13H2,1-5H3,(H2,18,19,20);1H. The molecule has 1 fully saturated rings. The molecular formula is C17H37IN4O. The van der Waals surface area contributed by atoms with Crippen LogP contribution in [0.1, 0.15) is 40.0 Å². The van der Waals surface area contributed by atoms with Crippen LogP contribution in [0.25, 0.3) is 0 Å². The van der Waals surface area contributed by atoms with Crippen LogP contribution >= 0.6 is 24.0 Å². The van der Waals surface area contributed by atoms with Crippen LogP contribution in [0.15, 0.2) is 4.99 Å². The van der Waals surface area contributed by atoms with Gasteiger partial charge in [0, 0.05) is 33.3 Å². The molecule has 2 atom stereocenters. The van der Waals surface area contributed by atoms with Crippen molar-refractivity contribution in [3.05, 3.63) is 0 Å². The van der Waals surface area contributed by atoms with Crippen LogP contribution in [0.5, 0.6) is 0 Å². The van der Waals surface area contributed by atoms with E-state index in [-0.39, 0.29) is 24.0 Å². The first kappa shape index (κ1) is 22.9. The Balaban J connectivity index is 0.00000484. The zero-order valence-electron chi connectivity index (χ0n) is 15.6. The van der Waals surface area contributed by atoms with E-state index in [0.29, 0.717) is 12.0 Å². The van der Waals surface area contributed by atoms with Gasteiger partial charge in [-0.05, 0) is 51.6 Å². The molecule has 0 spiro atoms. The summed E-state index contributed by atoms with van der Waals surface area (Å²) in [6.07, 6.45) is 3.95. The molecule has 23 heavy (non-hydrogen) atoms. The molecule has 2 N–H and O–H groups in total. The first-order valence-electron chi connectivity index (χ1n) is 8.81. The summed E-state index contributed by atoms with van der Waals surface area (Å²) < 4.78 is 5.78. The van der Waals surface area contributed by atoms with Gasteiger partial charge in [-0.1, -0.05) is 13.8 Å². The van der Waals surface area contributed by atoms with Gasteiger partial charge < -0.3 is 20.3 Å². The highest BCUT2D eigenvalue weighted by molar-refractivity contribution is 14.0. The first-order valence-corrected chi connectivity index (χ1v) is 8.81. The van der Waals surface area contributed by atoms with Gasteiger partial charge in [-0.25, -0.2) is 0 Å². The fourth-order valence-corrected chi connectivity index (χ4v) is 3.06. The minimum absolute atomic E-state index is 0. The molecule has 5 nitrogen and oxygen atoms in total. The highest BCUT2D eigenvalue weighted by atomic mass is 127. The predicted molar refractivity (Wildman–Crippen MR) is 110 cm³/mol. The molecule has 1 saturated heterocycles.